The SMILES string of the molecule is C[C@H]1CC=C(O[Si](C)(C)C)C[C@@]1(C=O)C(=O)OC(C)(C)C. The van der Waals surface area contributed by atoms with E-state index in [2.05, 4.69) is 19.6 Å². The molecule has 0 spiro atoms. The first-order valence-electron chi connectivity index (χ1n) is 7.47. The summed E-state index contributed by atoms with van der Waals surface area (Å²) in [5, 5.41) is 0. The zero-order valence-electron chi connectivity index (χ0n) is 14.3. The van der Waals surface area contributed by atoms with Gasteiger partial charge in [-0.05, 0) is 58.8 Å². The molecule has 1 aliphatic rings. The van der Waals surface area contributed by atoms with E-state index >= 15 is 0 Å². The Morgan fingerprint density at radius 1 is 1.38 bits per heavy atom. The van der Waals surface area contributed by atoms with Crippen LogP contribution in [0, 0.1) is 11.3 Å². The second kappa shape index (κ2) is 5.95. The summed E-state index contributed by atoms with van der Waals surface area (Å²) in [5.74, 6) is 0.228. The minimum Gasteiger partial charge on any atom is -0.548 e. The molecule has 0 amide bonds. The summed E-state index contributed by atoms with van der Waals surface area (Å²) in [6.07, 6.45) is 3.72. The maximum Gasteiger partial charge on any atom is 0.320 e. The van der Waals surface area contributed by atoms with Crippen molar-refractivity contribution < 1.29 is 18.8 Å². The molecule has 0 saturated heterocycles. The fraction of sp³-hybridized carbons (Fsp3) is 0.750. The maximum atomic E-state index is 12.6. The molecule has 0 aliphatic heterocycles. The van der Waals surface area contributed by atoms with Crippen LogP contribution in [-0.4, -0.2) is 26.2 Å². The molecule has 0 aromatic rings. The Kier molecular flexibility index (Phi) is 5.08. The van der Waals surface area contributed by atoms with Gasteiger partial charge in [0.05, 0.1) is 5.76 Å². The van der Waals surface area contributed by atoms with E-state index in [1.54, 1.807) is 0 Å². The molecule has 0 unspecified atom stereocenters. The number of carbonyl (C=O) groups excluding carboxylic acids is 2. The lowest BCUT2D eigenvalue weighted by Gasteiger charge is -2.38. The Balaban J connectivity index is 3.02. The van der Waals surface area contributed by atoms with Gasteiger partial charge in [0.15, 0.2) is 0 Å². The normalized spacial score (nSPS) is 26.8. The van der Waals surface area contributed by atoms with Crippen LogP contribution >= 0.6 is 0 Å². The van der Waals surface area contributed by atoms with Crippen LogP contribution in [0.15, 0.2) is 11.8 Å². The van der Waals surface area contributed by atoms with E-state index in [1.807, 2.05) is 33.8 Å². The summed E-state index contributed by atoms with van der Waals surface area (Å²) < 4.78 is 11.5. The van der Waals surface area contributed by atoms with Gasteiger partial charge in [0.25, 0.3) is 0 Å². The van der Waals surface area contributed by atoms with Gasteiger partial charge in [-0.3, -0.25) is 4.79 Å². The Morgan fingerprint density at radius 3 is 2.38 bits per heavy atom. The standard InChI is InChI=1S/C16H28O4Si/c1-12-8-9-13(20-21(5,6)7)10-16(12,11-17)14(18)19-15(2,3)4/h9,11-12H,8,10H2,1-7H3/t12-,16-/m0/s1. The Bertz CT molecular complexity index is 442. The number of esters is 1. The monoisotopic (exact) mass is 312 g/mol. The Labute approximate surface area is 129 Å². The van der Waals surface area contributed by atoms with Gasteiger partial charge < -0.3 is 14.0 Å². The van der Waals surface area contributed by atoms with E-state index in [1.165, 1.54) is 0 Å². The van der Waals surface area contributed by atoms with Gasteiger partial charge in [-0.15, -0.1) is 0 Å². The molecule has 2 atom stereocenters. The average Bonchev–Trinajstić information content (AvgIpc) is 2.27. The first-order valence-corrected chi connectivity index (χ1v) is 10.9. The van der Waals surface area contributed by atoms with Gasteiger partial charge in [0.2, 0.25) is 8.32 Å². The Morgan fingerprint density at radius 2 is 1.95 bits per heavy atom. The van der Waals surface area contributed by atoms with Crippen molar-refractivity contribution in [1.29, 1.82) is 0 Å². The molecule has 0 heterocycles. The largest absolute Gasteiger partial charge is 0.548 e. The van der Waals surface area contributed by atoms with E-state index in [4.69, 9.17) is 9.16 Å². The minimum absolute atomic E-state index is 0.0844. The van der Waals surface area contributed by atoms with Crippen LogP contribution in [0.25, 0.3) is 0 Å². The van der Waals surface area contributed by atoms with Crippen molar-refractivity contribution in [3.8, 4) is 0 Å². The molecule has 4 nitrogen and oxygen atoms in total. The molecule has 0 saturated carbocycles. The molecule has 0 bridgehead atoms. The van der Waals surface area contributed by atoms with E-state index in [9.17, 15) is 9.59 Å². The number of ether oxygens (including phenoxy) is 1. The maximum absolute atomic E-state index is 12.6. The van der Waals surface area contributed by atoms with Crippen molar-refractivity contribution in [2.75, 3.05) is 0 Å². The Hall–Kier alpha value is -1.10. The zero-order valence-corrected chi connectivity index (χ0v) is 15.3. The molecule has 0 aromatic heterocycles. The fourth-order valence-electron chi connectivity index (χ4n) is 2.38. The highest BCUT2D eigenvalue weighted by atomic mass is 28.4. The second-order valence-electron chi connectivity index (χ2n) is 7.86. The average molecular weight is 312 g/mol. The lowest BCUT2D eigenvalue weighted by Crippen LogP contribution is -2.46. The van der Waals surface area contributed by atoms with Crippen LogP contribution in [0.4, 0.5) is 0 Å². The number of hydrogen-bond donors (Lipinski definition) is 0. The van der Waals surface area contributed by atoms with Gasteiger partial charge in [0, 0.05) is 6.42 Å². The molecule has 120 valence electrons. The van der Waals surface area contributed by atoms with Crippen LogP contribution in [0.2, 0.25) is 19.6 Å². The molecular weight excluding hydrogens is 284 g/mol. The molecular formula is C16H28O4Si. The van der Waals surface area contributed by atoms with Gasteiger partial charge in [0.1, 0.15) is 17.3 Å². The zero-order chi connectivity index (χ0) is 16.5. The third-order valence-electron chi connectivity index (χ3n) is 3.47. The third kappa shape index (κ3) is 4.70. The fourth-order valence-corrected chi connectivity index (χ4v) is 3.32. The summed E-state index contributed by atoms with van der Waals surface area (Å²) in [6.45, 7) is 13.6. The lowest BCUT2D eigenvalue weighted by molar-refractivity contribution is -0.172. The van der Waals surface area contributed by atoms with Gasteiger partial charge in [-0.1, -0.05) is 6.92 Å². The number of rotatable bonds is 4. The highest BCUT2D eigenvalue weighted by Gasteiger charge is 2.49. The van der Waals surface area contributed by atoms with Crippen molar-refractivity contribution in [3.63, 3.8) is 0 Å². The van der Waals surface area contributed by atoms with E-state index in [0.717, 1.165) is 12.0 Å². The third-order valence-corrected chi connectivity index (χ3v) is 4.35. The summed E-state index contributed by atoms with van der Waals surface area (Å²) in [5.41, 5.74) is -1.73. The van der Waals surface area contributed by atoms with E-state index in [0.29, 0.717) is 12.8 Å². The van der Waals surface area contributed by atoms with E-state index in [-0.39, 0.29) is 5.92 Å². The van der Waals surface area contributed by atoms with Gasteiger partial charge in [-0.25, -0.2) is 0 Å². The van der Waals surface area contributed by atoms with Crippen LogP contribution in [0.1, 0.15) is 40.5 Å². The first kappa shape index (κ1) is 17.9. The van der Waals surface area contributed by atoms with Crippen LogP contribution in [0.5, 0.6) is 0 Å². The molecule has 5 heteroatoms. The second-order valence-corrected chi connectivity index (χ2v) is 12.3. The quantitative estimate of drug-likeness (QED) is 0.344. The lowest BCUT2D eigenvalue weighted by atomic mass is 9.70. The van der Waals surface area contributed by atoms with Gasteiger partial charge >= 0.3 is 5.97 Å². The van der Waals surface area contributed by atoms with Crippen LogP contribution < -0.4 is 0 Å². The number of allylic oxidation sites excluding steroid dienone is 2. The summed E-state index contributed by atoms with van der Waals surface area (Å²) in [7, 11) is -1.76. The summed E-state index contributed by atoms with van der Waals surface area (Å²) in [4.78, 5) is 24.3. The minimum atomic E-state index is -1.76. The molecule has 0 radical (unpaired) electrons. The molecule has 21 heavy (non-hydrogen) atoms. The molecule has 0 aromatic carbocycles. The first-order chi connectivity index (χ1) is 9.39. The number of hydrogen-bond acceptors (Lipinski definition) is 4. The number of aldehydes is 1. The van der Waals surface area contributed by atoms with E-state index < -0.39 is 25.3 Å². The van der Waals surface area contributed by atoms with Crippen LogP contribution in [0.3, 0.4) is 0 Å². The van der Waals surface area contributed by atoms with Crippen molar-refractivity contribution in [3.05, 3.63) is 11.8 Å². The van der Waals surface area contributed by atoms with Crippen molar-refractivity contribution in [2.45, 2.75) is 65.8 Å². The molecule has 1 rings (SSSR count). The summed E-state index contributed by atoms with van der Waals surface area (Å²) >= 11 is 0. The predicted molar refractivity (Wildman–Crippen MR) is 85.3 cm³/mol. The summed E-state index contributed by atoms with van der Waals surface area (Å²) in [6, 6.07) is 0. The van der Waals surface area contributed by atoms with Crippen molar-refractivity contribution >= 4 is 20.6 Å². The van der Waals surface area contributed by atoms with Gasteiger partial charge in [-0.2, -0.15) is 0 Å². The topological polar surface area (TPSA) is 52.6 Å². The predicted octanol–water partition coefficient (Wildman–Crippen LogP) is 3.68. The van der Waals surface area contributed by atoms with Crippen molar-refractivity contribution in [2.24, 2.45) is 11.3 Å². The van der Waals surface area contributed by atoms with Crippen molar-refractivity contribution in [1.82, 2.24) is 0 Å². The number of carbonyl (C=O) groups is 2. The highest BCUT2D eigenvalue weighted by molar-refractivity contribution is 6.70. The molecule has 1 aliphatic carbocycles. The smallest absolute Gasteiger partial charge is 0.320 e. The molecule has 0 N–H and O–H groups in total. The molecule has 0 fully saturated rings. The highest BCUT2D eigenvalue weighted by Crippen LogP contribution is 2.42. The van der Waals surface area contributed by atoms with Crippen LogP contribution in [-0.2, 0) is 18.8 Å².